The maximum Gasteiger partial charge on any atom is -0.0275 e. The summed E-state index contributed by atoms with van der Waals surface area (Å²) in [6, 6.07) is 0. The number of rotatable bonds is 4. The van der Waals surface area contributed by atoms with E-state index in [2.05, 4.69) is 27.7 Å². The van der Waals surface area contributed by atoms with Crippen LogP contribution in [-0.4, -0.2) is 0 Å². The molecule has 0 aliphatic carbocycles. The zero-order valence-corrected chi connectivity index (χ0v) is 6.91. The lowest BCUT2D eigenvalue weighted by Crippen LogP contribution is -2.00. The van der Waals surface area contributed by atoms with Crippen LogP contribution in [0.5, 0.6) is 0 Å². The molecule has 54 valence electrons. The summed E-state index contributed by atoms with van der Waals surface area (Å²) in [7, 11) is 0. The average Bonchev–Trinajstić information content (AvgIpc) is 1.82. The molecular weight excluding hydrogens is 108 g/mol. The highest BCUT2D eigenvalue weighted by Crippen LogP contribution is 2.17. The molecule has 0 aromatic rings. The third-order valence-corrected chi connectivity index (χ3v) is 1.87. The van der Waals surface area contributed by atoms with E-state index >= 15 is 0 Å². The molecule has 0 N–H and O–H groups in total. The fraction of sp³-hybridized carbons (Fsp3) is 0.778. The van der Waals surface area contributed by atoms with Crippen LogP contribution in [0.1, 0.15) is 40.0 Å². The minimum atomic E-state index is 0.798. The third kappa shape index (κ3) is 4.50. The highest BCUT2D eigenvalue weighted by Gasteiger charge is 2.05. The van der Waals surface area contributed by atoms with Crippen LogP contribution in [-0.2, 0) is 0 Å². The summed E-state index contributed by atoms with van der Waals surface area (Å²) in [4.78, 5) is 0. The first-order valence-corrected chi connectivity index (χ1v) is 3.77. The van der Waals surface area contributed by atoms with Crippen LogP contribution in [0.25, 0.3) is 0 Å². The van der Waals surface area contributed by atoms with Gasteiger partial charge in [0.1, 0.15) is 0 Å². The van der Waals surface area contributed by atoms with Crippen LogP contribution >= 0.6 is 0 Å². The van der Waals surface area contributed by atoms with Crippen LogP contribution in [0.15, 0.2) is 0 Å². The van der Waals surface area contributed by atoms with Gasteiger partial charge in [-0.2, -0.15) is 0 Å². The van der Waals surface area contributed by atoms with Crippen molar-refractivity contribution in [3.8, 4) is 0 Å². The lowest BCUT2D eigenvalue weighted by molar-refractivity contribution is 0.530. The number of hydrogen-bond donors (Lipinski definition) is 0. The molecule has 0 aliphatic heterocycles. The fourth-order valence-electron chi connectivity index (χ4n) is 0.739. The second-order valence-corrected chi connectivity index (χ2v) is 2.97. The van der Waals surface area contributed by atoms with Crippen molar-refractivity contribution in [1.29, 1.82) is 0 Å². The van der Waals surface area contributed by atoms with Gasteiger partial charge in [0.2, 0.25) is 0 Å². The molecule has 0 heterocycles. The molecule has 0 bridgehead atoms. The van der Waals surface area contributed by atoms with E-state index in [1.54, 1.807) is 5.92 Å². The zero-order valence-electron chi connectivity index (χ0n) is 6.91. The largest absolute Gasteiger partial charge is 0.0620 e. The van der Waals surface area contributed by atoms with Gasteiger partial charge >= 0.3 is 0 Å². The summed E-state index contributed by atoms with van der Waals surface area (Å²) in [5, 5.41) is 0. The van der Waals surface area contributed by atoms with Crippen LogP contribution in [0, 0.1) is 18.8 Å². The molecule has 0 aliphatic rings. The van der Waals surface area contributed by atoms with Crippen molar-refractivity contribution in [2.45, 2.75) is 40.0 Å². The predicted molar refractivity (Wildman–Crippen MR) is 43.0 cm³/mol. The summed E-state index contributed by atoms with van der Waals surface area (Å²) in [6.45, 7) is 10.5. The molecule has 0 saturated heterocycles. The fourth-order valence-corrected chi connectivity index (χ4v) is 0.739. The Morgan fingerprint density at radius 3 is 2.33 bits per heavy atom. The van der Waals surface area contributed by atoms with E-state index in [0.29, 0.717) is 0 Å². The molecule has 0 amide bonds. The van der Waals surface area contributed by atoms with Gasteiger partial charge in [-0.05, 0) is 11.8 Å². The smallest absolute Gasteiger partial charge is 0.0275 e. The molecule has 0 aromatic heterocycles. The molecule has 0 aromatic carbocycles. The maximum atomic E-state index is 3.81. The van der Waals surface area contributed by atoms with E-state index in [1.807, 2.05) is 0 Å². The number of unbranched alkanes of at least 4 members (excludes halogenated alkanes) is 1. The molecule has 2 radical (unpaired) electrons. The van der Waals surface area contributed by atoms with Crippen LogP contribution in [0.2, 0.25) is 0 Å². The lowest BCUT2D eigenvalue weighted by Gasteiger charge is -2.13. The Morgan fingerprint density at radius 1 is 1.44 bits per heavy atom. The van der Waals surface area contributed by atoms with Crippen molar-refractivity contribution in [1.82, 2.24) is 0 Å². The molecule has 0 saturated carbocycles. The Balaban J connectivity index is 3.16. The molecule has 0 fully saturated rings. The van der Waals surface area contributed by atoms with Gasteiger partial charge in [0, 0.05) is 0 Å². The normalized spacial score (nSPS) is 14.3. The molecule has 0 rings (SSSR count). The van der Waals surface area contributed by atoms with E-state index < -0.39 is 0 Å². The number of hydrogen-bond acceptors (Lipinski definition) is 0. The Hall–Kier alpha value is 0. The molecular formula is C9H18. The predicted octanol–water partition coefficient (Wildman–Crippen LogP) is 3.24. The van der Waals surface area contributed by atoms with Crippen LogP contribution in [0.4, 0.5) is 0 Å². The molecule has 9 heavy (non-hydrogen) atoms. The molecule has 0 nitrogen and oxygen atoms in total. The van der Waals surface area contributed by atoms with Crippen LogP contribution < -0.4 is 0 Å². The first-order valence-electron chi connectivity index (χ1n) is 3.77. The Labute approximate surface area is 59.7 Å². The highest BCUT2D eigenvalue weighted by atomic mass is 14.1. The summed E-state index contributed by atoms with van der Waals surface area (Å²) >= 11 is 0. The van der Waals surface area contributed by atoms with Gasteiger partial charge in [-0.25, -0.2) is 0 Å². The van der Waals surface area contributed by atoms with Crippen molar-refractivity contribution >= 4 is 0 Å². The van der Waals surface area contributed by atoms with E-state index in [4.69, 9.17) is 0 Å². The van der Waals surface area contributed by atoms with Gasteiger partial charge in [-0.15, -0.1) is 0 Å². The van der Waals surface area contributed by atoms with Crippen molar-refractivity contribution in [3.63, 3.8) is 0 Å². The molecule has 0 spiro atoms. The van der Waals surface area contributed by atoms with E-state index in [1.165, 1.54) is 12.8 Å². The maximum absolute atomic E-state index is 3.81. The first-order chi connectivity index (χ1) is 4.18. The summed E-state index contributed by atoms with van der Waals surface area (Å²) in [5.74, 6) is 2.34. The topological polar surface area (TPSA) is 0 Å². The van der Waals surface area contributed by atoms with Gasteiger partial charge in [0.15, 0.2) is 0 Å². The summed E-state index contributed by atoms with van der Waals surface area (Å²) < 4.78 is 0. The second-order valence-electron chi connectivity index (χ2n) is 2.97. The van der Waals surface area contributed by atoms with E-state index in [0.717, 1.165) is 12.3 Å². The average molecular weight is 126 g/mol. The summed E-state index contributed by atoms with van der Waals surface area (Å²) in [6.07, 6.45) is 3.66. The standard InChI is InChI=1S/C9H18/c1-5-6-7-9(4)8(2)3/h9H,1,5-7H2,2-4H3. The highest BCUT2D eigenvalue weighted by molar-refractivity contribution is 4.83. The Bertz CT molecular complexity index is 55.1. The molecule has 1 atom stereocenters. The van der Waals surface area contributed by atoms with Gasteiger partial charge in [-0.1, -0.05) is 47.0 Å². The van der Waals surface area contributed by atoms with Crippen LogP contribution in [0.3, 0.4) is 0 Å². The first kappa shape index (κ1) is 9.00. The van der Waals surface area contributed by atoms with Crippen molar-refractivity contribution in [2.24, 2.45) is 5.92 Å². The zero-order chi connectivity index (χ0) is 7.28. The molecule has 1 unspecified atom stereocenters. The Morgan fingerprint density at radius 2 is 2.00 bits per heavy atom. The van der Waals surface area contributed by atoms with Crippen molar-refractivity contribution in [2.75, 3.05) is 0 Å². The molecule has 0 heteroatoms. The van der Waals surface area contributed by atoms with Crippen molar-refractivity contribution < 1.29 is 0 Å². The lowest BCUT2D eigenvalue weighted by atomic mass is 9.93. The summed E-state index contributed by atoms with van der Waals surface area (Å²) in [5.41, 5.74) is 0. The van der Waals surface area contributed by atoms with E-state index in [9.17, 15) is 0 Å². The van der Waals surface area contributed by atoms with E-state index in [-0.39, 0.29) is 0 Å². The monoisotopic (exact) mass is 126 g/mol. The third-order valence-electron chi connectivity index (χ3n) is 1.87. The quantitative estimate of drug-likeness (QED) is 0.542. The second kappa shape index (κ2) is 4.84. The van der Waals surface area contributed by atoms with Gasteiger partial charge in [0.05, 0.1) is 0 Å². The van der Waals surface area contributed by atoms with Crippen molar-refractivity contribution in [3.05, 3.63) is 12.8 Å². The van der Waals surface area contributed by atoms with Gasteiger partial charge < -0.3 is 0 Å². The Kier molecular flexibility index (Phi) is 4.84. The van der Waals surface area contributed by atoms with Gasteiger partial charge in [0.25, 0.3) is 0 Å². The minimum Gasteiger partial charge on any atom is -0.0620 e. The van der Waals surface area contributed by atoms with Gasteiger partial charge in [-0.3, -0.25) is 0 Å². The minimum absolute atomic E-state index is 0.798. The SMILES string of the molecule is [CH2]CCCC(C)[C](C)C.